The summed E-state index contributed by atoms with van der Waals surface area (Å²) < 4.78 is 7.27. The fourth-order valence-electron chi connectivity index (χ4n) is 3.09. The lowest BCUT2D eigenvalue weighted by Gasteiger charge is -2.31. The van der Waals surface area contributed by atoms with Crippen molar-refractivity contribution in [3.63, 3.8) is 0 Å². The number of rotatable bonds is 4. The minimum Gasteiger partial charge on any atom is -0.465 e. The third-order valence-corrected chi connectivity index (χ3v) is 4.70. The summed E-state index contributed by atoms with van der Waals surface area (Å²) in [4.78, 5) is 14.9. The highest BCUT2D eigenvalue weighted by atomic mass is 16.3. The van der Waals surface area contributed by atoms with Crippen LogP contribution in [0.15, 0.2) is 28.9 Å². The van der Waals surface area contributed by atoms with Crippen LogP contribution >= 0.6 is 0 Å². The molecular weight excluding hydrogens is 304 g/mol. The quantitative estimate of drug-likeness (QED) is 0.937. The number of furan rings is 1. The molecule has 2 aromatic heterocycles. The fourth-order valence-corrected chi connectivity index (χ4v) is 3.09. The maximum Gasteiger partial charge on any atom is 0.241 e. The predicted molar refractivity (Wildman–Crippen MR) is 93.6 cm³/mol. The van der Waals surface area contributed by atoms with E-state index in [9.17, 15) is 4.79 Å². The fraction of sp³-hybridized carbons (Fsp3) is 0.444. The topological polar surface area (TPSA) is 63.3 Å². The van der Waals surface area contributed by atoms with Crippen LogP contribution in [0.5, 0.6) is 0 Å². The van der Waals surface area contributed by atoms with E-state index in [0.29, 0.717) is 6.54 Å². The van der Waals surface area contributed by atoms with E-state index < -0.39 is 0 Å². The van der Waals surface area contributed by atoms with Gasteiger partial charge in [0.2, 0.25) is 5.91 Å². The van der Waals surface area contributed by atoms with Crippen LogP contribution in [0.2, 0.25) is 0 Å². The van der Waals surface area contributed by atoms with E-state index in [1.165, 1.54) is 0 Å². The van der Waals surface area contributed by atoms with Gasteiger partial charge in [-0.25, -0.2) is 0 Å². The largest absolute Gasteiger partial charge is 0.465 e. The molecule has 24 heavy (non-hydrogen) atoms. The number of amides is 1. The molecule has 1 atom stereocenters. The Bertz CT molecular complexity index is 758. The highest BCUT2D eigenvalue weighted by molar-refractivity contribution is 5.95. The van der Waals surface area contributed by atoms with Crippen LogP contribution in [0.3, 0.4) is 0 Å². The SMILES string of the molecule is Cc1nn(C)c(C)c1NC(=O)C(C)N1CCC=C(c2ccco2)C1. The smallest absolute Gasteiger partial charge is 0.241 e. The molecule has 1 N–H and O–H groups in total. The van der Waals surface area contributed by atoms with E-state index in [4.69, 9.17) is 4.42 Å². The molecule has 3 heterocycles. The Labute approximate surface area is 142 Å². The molecule has 128 valence electrons. The summed E-state index contributed by atoms with van der Waals surface area (Å²) in [6.07, 6.45) is 4.78. The predicted octanol–water partition coefficient (Wildman–Crippen LogP) is 2.75. The van der Waals surface area contributed by atoms with E-state index in [1.54, 1.807) is 10.9 Å². The van der Waals surface area contributed by atoms with Gasteiger partial charge in [0.05, 0.1) is 29.4 Å². The van der Waals surface area contributed by atoms with E-state index >= 15 is 0 Å². The third-order valence-electron chi connectivity index (χ3n) is 4.70. The molecule has 6 heteroatoms. The first kappa shape index (κ1) is 16.5. The minimum atomic E-state index is -0.220. The molecule has 0 aromatic carbocycles. The molecule has 0 fully saturated rings. The van der Waals surface area contributed by atoms with Crippen LogP contribution in [0.4, 0.5) is 5.69 Å². The Morgan fingerprint density at radius 1 is 1.42 bits per heavy atom. The summed E-state index contributed by atoms with van der Waals surface area (Å²) in [6, 6.07) is 3.63. The number of carbonyl (C=O) groups excluding carboxylic acids is 1. The number of aromatic nitrogens is 2. The summed E-state index contributed by atoms with van der Waals surface area (Å²) in [7, 11) is 1.88. The highest BCUT2D eigenvalue weighted by Gasteiger charge is 2.26. The molecule has 1 aliphatic heterocycles. The zero-order valence-corrected chi connectivity index (χ0v) is 14.7. The van der Waals surface area contributed by atoms with E-state index in [0.717, 1.165) is 41.4 Å². The van der Waals surface area contributed by atoms with Gasteiger partial charge in [-0.15, -0.1) is 0 Å². The van der Waals surface area contributed by atoms with Crippen LogP contribution < -0.4 is 5.32 Å². The van der Waals surface area contributed by atoms with Gasteiger partial charge in [-0.05, 0) is 39.3 Å². The molecule has 0 saturated carbocycles. The van der Waals surface area contributed by atoms with Gasteiger partial charge in [-0.3, -0.25) is 14.4 Å². The van der Waals surface area contributed by atoms with Gasteiger partial charge in [0.25, 0.3) is 0 Å². The van der Waals surface area contributed by atoms with E-state index in [1.807, 2.05) is 40.0 Å². The van der Waals surface area contributed by atoms with Crippen LogP contribution in [0.25, 0.3) is 5.57 Å². The average molecular weight is 328 g/mol. The molecular formula is C18H24N4O2. The van der Waals surface area contributed by atoms with Crippen molar-refractivity contribution in [2.24, 2.45) is 7.05 Å². The van der Waals surface area contributed by atoms with Gasteiger partial charge in [-0.2, -0.15) is 5.10 Å². The zero-order chi connectivity index (χ0) is 17.3. The molecule has 0 saturated heterocycles. The molecule has 1 aliphatic rings. The van der Waals surface area contributed by atoms with Gasteiger partial charge in [-0.1, -0.05) is 6.08 Å². The number of carbonyl (C=O) groups is 1. The number of anilines is 1. The lowest BCUT2D eigenvalue weighted by molar-refractivity contribution is -0.120. The van der Waals surface area contributed by atoms with Crippen LogP contribution in [0.1, 0.15) is 30.5 Å². The normalized spacial score (nSPS) is 16.8. The minimum absolute atomic E-state index is 0.00473. The summed E-state index contributed by atoms with van der Waals surface area (Å²) in [6.45, 7) is 7.39. The van der Waals surface area contributed by atoms with Gasteiger partial charge in [0.15, 0.2) is 0 Å². The molecule has 1 amide bonds. The summed E-state index contributed by atoms with van der Waals surface area (Å²) in [5.41, 5.74) is 3.75. The first-order chi connectivity index (χ1) is 11.5. The van der Waals surface area contributed by atoms with Crippen LogP contribution in [-0.4, -0.2) is 39.7 Å². The molecule has 6 nitrogen and oxygen atoms in total. The molecule has 0 radical (unpaired) electrons. The Hall–Kier alpha value is -2.34. The average Bonchev–Trinajstić information content (AvgIpc) is 3.19. The van der Waals surface area contributed by atoms with E-state index in [-0.39, 0.29) is 11.9 Å². The van der Waals surface area contributed by atoms with Gasteiger partial charge >= 0.3 is 0 Å². The Kier molecular flexibility index (Phi) is 4.57. The maximum atomic E-state index is 12.7. The van der Waals surface area contributed by atoms with Crippen molar-refractivity contribution >= 4 is 17.2 Å². The first-order valence-corrected chi connectivity index (χ1v) is 8.25. The lowest BCUT2D eigenvalue weighted by atomic mass is 10.1. The second-order valence-corrected chi connectivity index (χ2v) is 6.30. The number of nitrogens with zero attached hydrogens (tertiary/aromatic N) is 3. The van der Waals surface area contributed by atoms with Crippen molar-refractivity contribution in [1.82, 2.24) is 14.7 Å². The first-order valence-electron chi connectivity index (χ1n) is 8.25. The monoisotopic (exact) mass is 328 g/mol. The summed E-state index contributed by atoms with van der Waals surface area (Å²) in [5, 5.41) is 7.39. The molecule has 0 spiro atoms. The molecule has 0 aliphatic carbocycles. The van der Waals surface area contributed by atoms with Crippen LogP contribution in [0, 0.1) is 13.8 Å². The Morgan fingerprint density at radius 2 is 2.21 bits per heavy atom. The molecule has 0 bridgehead atoms. The second-order valence-electron chi connectivity index (χ2n) is 6.30. The van der Waals surface area contributed by atoms with Crippen molar-refractivity contribution in [2.45, 2.75) is 33.2 Å². The summed E-state index contributed by atoms with van der Waals surface area (Å²) in [5.74, 6) is 0.876. The number of aryl methyl sites for hydroxylation is 2. The van der Waals surface area contributed by atoms with Gasteiger partial charge < -0.3 is 9.73 Å². The molecule has 1 unspecified atom stereocenters. The highest BCUT2D eigenvalue weighted by Crippen LogP contribution is 2.24. The lowest BCUT2D eigenvalue weighted by Crippen LogP contribution is -2.44. The van der Waals surface area contributed by atoms with Crippen molar-refractivity contribution in [2.75, 3.05) is 18.4 Å². The Morgan fingerprint density at radius 3 is 2.83 bits per heavy atom. The van der Waals surface area contributed by atoms with Crippen molar-refractivity contribution in [3.8, 4) is 0 Å². The Balaban J connectivity index is 1.69. The summed E-state index contributed by atoms with van der Waals surface area (Å²) >= 11 is 0. The van der Waals surface area contributed by atoms with Crippen molar-refractivity contribution in [3.05, 3.63) is 41.6 Å². The molecule has 2 aromatic rings. The number of hydrogen-bond donors (Lipinski definition) is 1. The standard InChI is InChI=1S/C18H24N4O2/c1-12-17(13(2)21(4)20-12)19-18(23)14(3)22-9-5-7-15(11-22)16-8-6-10-24-16/h6-8,10,14H,5,9,11H2,1-4H3,(H,19,23). The van der Waals surface area contributed by atoms with Crippen LogP contribution in [-0.2, 0) is 11.8 Å². The van der Waals surface area contributed by atoms with Gasteiger partial charge in [0, 0.05) is 25.7 Å². The third kappa shape index (κ3) is 3.14. The second kappa shape index (κ2) is 6.65. The molecule has 3 rings (SSSR count). The van der Waals surface area contributed by atoms with Gasteiger partial charge in [0.1, 0.15) is 5.76 Å². The van der Waals surface area contributed by atoms with Crippen molar-refractivity contribution in [1.29, 1.82) is 0 Å². The number of hydrogen-bond acceptors (Lipinski definition) is 4. The zero-order valence-electron chi connectivity index (χ0n) is 14.7. The van der Waals surface area contributed by atoms with E-state index in [2.05, 4.69) is 21.4 Å². The maximum absolute atomic E-state index is 12.7. The van der Waals surface area contributed by atoms with Crippen molar-refractivity contribution < 1.29 is 9.21 Å². The number of nitrogens with one attached hydrogen (secondary N) is 1.